The van der Waals surface area contributed by atoms with Crippen LogP contribution in [-0.2, 0) is 34.7 Å². The summed E-state index contributed by atoms with van der Waals surface area (Å²) in [6.07, 6.45) is 0. The van der Waals surface area contributed by atoms with E-state index in [0.29, 0.717) is 5.56 Å². The minimum atomic E-state index is -1.08. The number of ether oxygens (including phenoxy) is 1. The van der Waals surface area contributed by atoms with Gasteiger partial charge in [0, 0.05) is 11.9 Å². The van der Waals surface area contributed by atoms with Gasteiger partial charge in [-0.2, -0.15) is 0 Å². The largest absolute Gasteiger partial charge is 2.00 e. The van der Waals surface area contributed by atoms with Crippen molar-refractivity contribution >= 4 is 17.9 Å². The first-order valence-corrected chi connectivity index (χ1v) is 6.97. The van der Waals surface area contributed by atoms with Crippen molar-refractivity contribution in [3.8, 4) is 11.1 Å². The molecule has 0 fully saturated rings. The quantitative estimate of drug-likeness (QED) is 0.490. The van der Waals surface area contributed by atoms with Gasteiger partial charge in [-0.15, -0.1) is 0 Å². The summed E-state index contributed by atoms with van der Waals surface area (Å²) in [5.74, 6) is -3.16. The number of halogens is 1. The number of rotatable bonds is 2. The van der Waals surface area contributed by atoms with E-state index in [9.17, 15) is 9.18 Å². The molecule has 2 aromatic rings. The van der Waals surface area contributed by atoms with Gasteiger partial charge >= 0.3 is 26.4 Å². The molecule has 0 atom stereocenters. The summed E-state index contributed by atoms with van der Waals surface area (Å²) in [5.41, 5.74) is 1.76. The topological polar surface area (TPSA) is 107 Å². The van der Waals surface area contributed by atoms with Gasteiger partial charge in [-0.1, -0.05) is 36.4 Å². The third-order valence-corrected chi connectivity index (χ3v) is 2.47. The molecule has 0 spiro atoms. The molecule has 142 valence electrons. The molecule has 6 nitrogen and oxygen atoms in total. The van der Waals surface area contributed by atoms with Crippen molar-refractivity contribution in [1.82, 2.24) is 0 Å². The Morgan fingerprint density at radius 1 is 0.923 bits per heavy atom. The average Bonchev–Trinajstić information content (AvgIpc) is 2.54. The molecule has 0 unspecified atom stereocenters. The summed E-state index contributed by atoms with van der Waals surface area (Å²) in [7, 11) is 1.28. The molecule has 0 saturated heterocycles. The molecule has 26 heavy (non-hydrogen) atoms. The second-order valence-electron chi connectivity index (χ2n) is 4.53. The number of hydrogen-bond donors (Lipinski definition) is 0. The van der Waals surface area contributed by atoms with Crippen molar-refractivity contribution in [3.05, 3.63) is 59.9 Å². The van der Waals surface area contributed by atoms with Crippen LogP contribution in [-0.4, -0.2) is 25.0 Å². The number of hydrogen-bond acceptors (Lipinski definition) is 6. The van der Waals surface area contributed by atoms with Gasteiger partial charge in [0.25, 0.3) is 0 Å². The molecular formula is C18H17FO6Pd. The third-order valence-electron chi connectivity index (χ3n) is 2.47. The van der Waals surface area contributed by atoms with Crippen LogP contribution in [0.1, 0.15) is 24.2 Å². The summed E-state index contributed by atoms with van der Waals surface area (Å²) in [5, 5.41) is 17.8. The van der Waals surface area contributed by atoms with Crippen LogP contribution in [0.15, 0.2) is 48.5 Å². The molecule has 0 aliphatic carbocycles. The van der Waals surface area contributed by atoms with Crippen LogP contribution in [0.4, 0.5) is 4.39 Å². The van der Waals surface area contributed by atoms with Crippen LogP contribution in [0.5, 0.6) is 0 Å². The smallest absolute Gasteiger partial charge is 0.550 e. The monoisotopic (exact) mass is 454 g/mol. The van der Waals surface area contributed by atoms with Crippen LogP contribution >= 0.6 is 0 Å². The van der Waals surface area contributed by atoms with Crippen LogP contribution in [0.25, 0.3) is 11.1 Å². The zero-order chi connectivity index (χ0) is 19.4. The predicted molar refractivity (Wildman–Crippen MR) is 84.5 cm³/mol. The van der Waals surface area contributed by atoms with Crippen molar-refractivity contribution in [2.24, 2.45) is 0 Å². The fraction of sp³-hybridized carbons (Fsp3) is 0.167. The summed E-state index contributed by atoms with van der Waals surface area (Å²) in [4.78, 5) is 29.3. The zero-order valence-electron chi connectivity index (χ0n) is 14.3. The van der Waals surface area contributed by atoms with Crippen molar-refractivity contribution in [2.45, 2.75) is 13.8 Å². The number of benzene rings is 2. The summed E-state index contributed by atoms with van der Waals surface area (Å²) >= 11 is 0. The standard InChI is InChI=1S/C14H11FO2.2C2H4O2.Pd/c1-17-14(16)13-9-11(15)7-8-12(13)10-5-3-2-4-6-10;2*1-2(3)4;/h2-9H,1H3;2*1H3,(H,3,4);/q;;;+2/p-2. The van der Waals surface area contributed by atoms with Crippen molar-refractivity contribution in [1.29, 1.82) is 0 Å². The van der Waals surface area contributed by atoms with Crippen LogP contribution in [0.2, 0.25) is 0 Å². The van der Waals surface area contributed by atoms with Crippen molar-refractivity contribution < 1.29 is 54.1 Å². The Balaban J connectivity index is 0. The molecule has 0 amide bonds. The molecule has 8 heteroatoms. The molecule has 0 saturated carbocycles. The fourth-order valence-corrected chi connectivity index (χ4v) is 1.66. The van der Waals surface area contributed by atoms with E-state index in [0.717, 1.165) is 19.4 Å². The molecule has 0 aromatic heterocycles. The van der Waals surface area contributed by atoms with Gasteiger partial charge < -0.3 is 24.5 Å². The summed E-state index contributed by atoms with van der Waals surface area (Å²) in [6, 6.07) is 13.4. The third kappa shape index (κ3) is 11.1. The van der Waals surface area contributed by atoms with E-state index in [4.69, 9.17) is 19.8 Å². The first-order chi connectivity index (χ1) is 11.7. The fourth-order valence-electron chi connectivity index (χ4n) is 1.66. The number of carbonyl (C=O) groups is 3. The van der Waals surface area contributed by atoms with Gasteiger partial charge in [0.2, 0.25) is 0 Å². The molecule has 0 heterocycles. The zero-order valence-corrected chi connectivity index (χ0v) is 15.8. The SMILES string of the molecule is CC(=O)[O-].CC(=O)[O-].COC(=O)c1cc(F)ccc1-c1ccccc1.[Pd+2]. The molecular weight excluding hydrogens is 438 g/mol. The van der Waals surface area contributed by atoms with E-state index in [1.54, 1.807) is 6.07 Å². The van der Waals surface area contributed by atoms with Gasteiger partial charge in [0.05, 0.1) is 12.7 Å². The molecule has 0 radical (unpaired) electrons. The predicted octanol–water partition coefficient (Wildman–Crippen LogP) is 0.789. The number of methoxy groups -OCH3 is 1. The van der Waals surface area contributed by atoms with Crippen LogP contribution in [0.3, 0.4) is 0 Å². The molecule has 0 aliphatic heterocycles. The Hall–Kier alpha value is -2.56. The second kappa shape index (κ2) is 13.7. The number of carbonyl (C=O) groups excluding carboxylic acids is 3. The first kappa shape index (κ1) is 25.7. The average molecular weight is 455 g/mol. The minimum absolute atomic E-state index is 0. The maximum absolute atomic E-state index is 13.2. The molecule has 0 bridgehead atoms. The normalized spacial score (nSPS) is 8.46. The van der Waals surface area contributed by atoms with Gasteiger partial charge in [-0.05, 0) is 37.1 Å². The summed E-state index contributed by atoms with van der Waals surface area (Å²) < 4.78 is 17.8. The van der Waals surface area contributed by atoms with Crippen LogP contribution < -0.4 is 10.2 Å². The van der Waals surface area contributed by atoms with Crippen LogP contribution in [0, 0.1) is 5.82 Å². The number of aliphatic carboxylic acids is 2. The Kier molecular flexibility index (Phi) is 13.5. The molecule has 2 rings (SSSR count). The summed E-state index contributed by atoms with van der Waals surface area (Å²) in [6.45, 7) is 1.94. The van der Waals surface area contributed by atoms with Gasteiger partial charge in [-0.25, -0.2) is 9.18 Å². The number of carboxylic acids is 2. The number of carboxylic acid groups (broad SMARTS) is 2. The second-order valence-corrected chi connectivity index (χ2v) is 4.53. The minimum Gasteiger partial charge on any atom is -0.550 e. The van der Waals surface area contributed by atoms with Crippen molar-refractivity contribution in [2.75, 3.05) is 7.11 Å². The maximum Gasteiger partial charge on any atom is 2.00 e. The Labute approximate surface area is 164 Å². The van der Waals surface area contributed by atoms with Gasteiger partial charge in [0.15, 0.2) is 0 Å². The maximum atomic E-state index is 13.2. The van der Waals surface area contributed by atoms with Gasteiger partial charge in [-0.3, -0.25) is 0 Å². The molecule has 0 aliphatic rings. The Bertz CT molecular complexity index is 699. The van der Waals surface area contributed by atoms with E-state index in [1.165, 1.54) is 19.2 Å². The first-order valence-electron chi connectivity index (χ1n) is 6.97. The van der Waals surface area contributed by atoms with Crippen molar-refractivity contribution in [3.63, 3.8) is 0 Å². The Morgan fingerprint density at radius 3 is 1.81 bits per heavy atom. The number of esters is 1. The van der Waals surface area contributed by atoms with E-state index in [-0.39, 0.29) is 26.0 Å². The Morgan fingerprint density at radius 2 is 1.38 bits per heavy atom. The van der Waals surface area contributed by atoms with E-state index in [1.807, 2.05) is 30.3 Å². The molecule has 0 N–H and O–H groups in total. The van der Waals surface area contributed by atoms with Gasteiger partial charge in [0.1, 0.15) is 5.82 Å². The van der Waals surface area contributed by atoms with E-state index >= 15 is 0 Å². The van der Waals surface area contributed by atoms with E-state index in [2.05, 4.69) is 4.74 Å². The molecule has 2 aromatic carbocycles. The van der Waals surface area contributed by atoms with E-state index < -0.39 is 23.7 Å².